The molecule has 0 aromatic rings. The van der Waals surface area contributed by atoms with Gasteiger partial charge < -0.3 is 0 Å². The van der Waals surface area contributed by atoms with Crippen molar-refractivity contribution < 1.29 is 8.42 Å². The van der Waals surface area contributed by atoms with E-state index >= 15 is 0 Å². The second-order valence-electron chi connectivity index (χ2n) is 2.58. The normalized spacial score (nSPS) is 37.2. The van der Waals surface area contributed by atoms with Crippen LogP contribution >= 0.6 is 0 Å². The van der Waals surface area contributed by atoms with Gasteiger partial charge in [-0.1, -0.05) is 6.92 Å². The molecule has 1 saturated carbocycles. The van der Waals surface area contributed by atoms with Crippen LogP contribution in [-0.2, 0) is 9.84 Å². The topological polar surface area (TPSA) is 34.1 Å². The van der Waals surface area contributed by atoms with Gasteiger partial charge in [0.2, 0.25) is 0 Å². The fourth-order valence-corrected chi connectivity index (χ4v) is 2.38. The van der Waals surface area contributed by atoms with Crippen LogP contribution < -0.4 is 0 Å². The number of sulfone groups is 1. The highest BCUT2D eigenvalue weighted by molar-refractivity contribution is 7.91. The summed E-state index contributed by atoms with van der Waals surface area (Å²) in [7, 11) is -2.68. The summed E-state index contributed by atoms with van der Waals surface area (Å²) in [6.07, 6.45) is 2.18. The Kier molecular flexibility index (Phi) is 1.11. The molecule has 0 bridgehead atoms. The molecule has 8 heavy (non-hydrogen) atoms. The molecule has 0 heterocycles. The highest BCUT2D eigenvalue weighted by Gasteiger charge is 2.40. The Bertz CT molecular complexity index is 181. The highest BCUT2D eigenvalue weighted by atomic mass is 32.2. The number of hydrogen-bond acceptors (Lipinski definition) is 2. The maximum absolute atomic E-state index is 10.6. The minimum absolute atomic E-state index is 0.0116. The van der Waals surface area contributed by atoms with E-state index in [1.807, 2.05) is 6.92 Å². The molecule has 48 valence electrons. The van der Waals surface area contributed by atoms with Gasteiger partial charge in [0.1, 0.15) is 0 Å². The Morgan fingerprint density at radius 3 is 1.88 bits per heavy atom. The van der Waals surface area contributed by atoms with E-state index in [0.29, 0.717) is 5.92 Å². The van der Waals surface area contributed by atoms with Gasteiger partial charge in [-0.15, -0.1) is 0 Å². The van der Waals surface area contributed by atoms with E-state index in [9.17, 15) is 8.42 Å². The first-order chi connectivity index (χ1) is 3.52. The van der Waals surface area contributed by atoms with Gasteiger partial charge in [0, 0.05) is 6.26 Å². The van der Waals surface area contributed by atoms with Crippen molar-refractivity contribution in [3.05, 3.63) is 0 Å². The van der Waals surface area contributed by atoms with Crippen molar-refractivity contribution in [1.82, 2.24) is 0 Å². The van der Waals surface area contributed by atoms with Crippen LogP contribution in [0.3, 0.4) is 0 Å². The summed E-state index contributed by atoms with van der Waals surface area (Å²) in [5.74, 6) is 0.421. The lowest BCUT2D eigenvalue weighted by molar-refractivity contribution is 0.599. The van der Waals surface area contributed by atoms with Gasteiger partial charge in [0.05, 0.1) is 5.25 Å². The standard InChI is InChI=1S/C5H10O2S/c1-4-3-5(4)8(2,6)7/h4-5H,3H2,1-2H3/t4-,5?/m1/s1. The van der Waals surface area contributed by atoms with Gasteiger partial charge in [0.25, 0.3) is 0 Å². The minimum Gasteiger partial charge on any atom is -0.229 e. The molecule has 0 aromatic heterocycles. The molecule has 1 rings (SSSR count). The number of hydrogen-bond donors (Lipinski definition) is 0. The van der Waals surface area contributed by atoms with Crippen LogP contribution in [-0.4, -0.2) is 19.9 Å². The van der Waals surface area contributed by atoms with E-state index in [1.165, 1.54) is 6.26 Å². The van der Waals surface area contributed by atoms with Gasteiger partial charge in [-0.05, 0) is 12.3 Å². The van der Waals surface area contributed by atoms with Crippen LogP contribution in [0.15, 0.2) is 0 Å². The molecule has 0 aromatic carbocycles. The Morgan fingerprint density at radius 1 is 1.50 bits per heavy atom. The van der Waals surface area contributed by atoms with Gasteiger partial charge in [-0.25, -0.2) is 8.42 Å². The molecule has 0 N–H and O–H groups in total. The Labute approximate surface area is 49.8 Å². The van der Waals surface area contributed by atoms with Gasteiger partial charge in [-0.3, -0.25) is 0 Å². The van der Waals surface area contributed by atoms with E-state index < -0.39 is 9.84 Å². The van der Waals surface area contributed by atoms with Crippen molar-refractivity contribution in [1.29, 1.82) is 0 Å². The molecule has 1 aliphatic rings. The lowest BCUT2D eigenvalue weighted by Crippen LogP contribution is -2.03. The molecule has 0 saturated heterocycles. The van der Waals surface area contributed by atoms with Crippen LogP contribution in [0.5, 0.6) is 0 Å². The summed E-state index contributed by atoms with van der Waals surface area (Å²) in [5, 5.41) is -0.0116. The Hall–Kier alpha value is -0.0500. The molecule has 1 unspecified atom stereocenters. The van der Waals surface area contributed by atoms with Crippen LogP contribution in [0.2, 0.25) is 0 Å². The zero-order chi connectivity index (χ0) is 6.36. The molecule has 1 fully saturated rings. The molecule has 0 spiro atoms. The largest absolute Gasteiger partial charge is 0.229 e. The van der Waals surface area contributed by atoms with Crippen LogP contribution in [0.25, 0.3) is 0 Å². The zero-order valence-electron chi connectivity index (χ0n) is 5.09. The van der Waals surface area contributed by atoms with Gasteiger partial charge in [0.15, 0.2) is 9.84 Å². The Balaban J connectivity index is 2.66. The van der Waals surface area contributed by atoms with E-state index in [0.717, 1.165) is 6.42 Å². The third-order valence-corrected chi connectivity index (χ3v) is 3.34. The van der Waals surface area contributed by atoms with Crippen LogP contribution in [0.4, 0.5) is 0 Å². The van der Waals surface area contributed by atoms with E-state index in [2.05, 4.69) is 0 Å². The van der Waals surface area contributed by atoms with Crippen LogP contribution in [0, 0.1) is 5.92 Å². The van der Waals surface area contributed by atoms with E-state index in [4.69, 9.17) is 0 Å². The first-order valence-electron chi connectivity index (χ1n) is 2.70. The van der Waals surface area contributed by atoms with Crippen molar-refractivity contribution >= 4 is 9.84 Å². The molecule has 0 amide bonds. The summed E-state index contributed by atoms with van der Waals surface area (Å²) in [6, 6.07) is 0. The smallest absolute Gasteiger partial charge is 0.150 e. The van der Waals surface area contributed by atoms with Gasteiger partial charge in [-0.2, -0.15) is 0 Å². The minimum atomic E-state index is -2.68. The maximum atomic E-state index is 10.6. The first-order valence-corrected chi connectivity index (χ1v) is 4.66. The second-order valence-corrected chi connectivity index (χ2v) is 4.85. The van der Waals surface area contributed by atoms with E-state index in [-0.39, 0.29) is 5.25 Å². The molecule has 2 atom stereocenters. The summed E-state index contributed by atoms with van der Waals surface area (Å²) in [4.78, 5) is 0. The Morgan fingerprint density at radius 2 is 1.88 bits per heavy atom. The van der Waals surface area contributed by atoms with Gasteiger partial charge >= 0.3 is 0 Å². The molecular formula is C5H10O2S. The lowest BCUT2D eigenvalue weighted by atomic mass is 10.5. The van der Waals surface area contributed by atoms with Crippen molar-refractivity contribution in [3.8, 4) is 0 Å². The predicted octanol–water partition coefficient (Wildman–Crippen LogP) is 0.439. The summed E-state index contributed by atoms with van der Waals surface area (Å²) < 4.78 is 21.2. The quantitative estimate of drug-likeness (QED) is 0.521. The number of rotatable bonds is 1. The molecule has 2 nitrogen and oxygen atoms in total. The first kappa shape index (κ1) is 6.08. The second kappa shape index (κ2) is 1.47. The third kappa shape index (κ3) is 1.02. The average molecular weight is 134 g/mol. The maximum Gasteiger partial charge on any atom is 0.150 e. The fourth-order valence-electron chi connectivity index (χ4n) is 0.885. The molecule has 0 aliphatic heterocycles. The lowest BCUT2D eigenvalue weighted by Gasteiger charge is -1.87. The zero-order valence-corrected chi connectivity index (χ0v) is 5.90. The molecular weight excluding hydrogens is 124 g/mol. The monoisotopic (exact) mass is 134 g/mol. The van der Waals surface area contributed by atoms with E-state index in [1.54, 1.807) is 0 Å². The van der Waals surface area contributed by atoms with Crippen molar-refractivity contribution in [3.63, 3.8) is 0 Å². The van der Waals surface area contributed by atoms with Crippen molar-refractivity contribution in [2.75, 3.05) is 6.26 Å². The molecule has 0 radical (unpaired) electrons. The van der Waals surface area contributed by atoms with Crippen molar-refractivity contribution in [2.45, 2.75) is 18.6 Å². The predicted molar refractivity (Wildman–Crippen MR) is 32.4 cm³/mol. The SMILES string of the molecule is C[C@@H]1CC1S(C)(=O)=O. The molecule has 1 aliphatic carbocycles. The summed E-state index contributed by atoms with van der Waals surface area (Å²) in [6.45, 7) is 1.96. The summed E-state index contributed by atoms with van der Waals surface area (Å²) in [5.41, 5.74) is 0. The summed E-state index contributed by atoms with van der Waals surface area (Å²) >= 11 is 0. The fraction of sp³-hybridized carbons (Fsp3) is 1.00. The molecule has 3 heteroatoms. The average Bonchev–Trinajstić information content (AvgIpc) is 2.13. The third-order valence-electron chi connectivity index (χ3n) is 1.59. The van der Waals surface area contributed by atoms with Crippen LogP contribution in [0.1, 0.15) is 13.3 Å². The highest BCUT2D eigenvalue weighted by Crippen LogP contribution is 2.35. The van der Waals surface area contributed by atoms with Crippen molar-refractivity contribution in [2.24, 2.45) is 5.92 Å².